The normalized spacial score (nSPS) is 10.8. The minimum Gasteiger partial charge on any atom is -0.370 e. The molecule has 1 N–H and O–H groups in total. The minimum atomic E-state index is 0.601. The highest BCUT2D eigenvalue weighted by atomic mass is 15.1. The Morgan fingerprint density at radius 1 is 1.37 bits per heavy atom. The van der Waals surface area contributed by atoms with Gasteiger partial charge >= 0.3 is 0 Å². The summed E-state index contributed by atoms with van der Waals surface area (Å²) in [6.07, 6.45) is 2.27. The highest BCUT2D eigenvalue weighted by Gasteiger charge is 2.02. The molecule has 0 unspecified atom stereocenters. The van der Waals surface area contributed by atoms with Gasteiger partial charge in [-0.2, -0.15) is 5.26 Å². The van der Waals surface area contributed by atoms with Crippen molar-refractivity contribution in [2.24, 2.45) is 0 Å². The number of nitrogens with one attached hydrogen (secondary N) is 1. The van der Waals surface area contributed by atoms with Crippen LogP contribution in [0.4, 0.5) is 5.82 Å². The summed E-state index contributed by atoms with van der Waals surface area (Å²) in [4.78, 5) is 6.72. The average Bonchev–Trinajstić information content (AvgIpc) is 2.37. The lowest BCUT2D eigenvalue weighted by molar-refractivity contribution is 0.269. The van der Waals surface area contributed by atoms with E-state index in [0.717, 1.165) is 31.0 Å². The molecule has 1 aromatic heterocycles. The second kappa shape index (κ2) is 7.75. The third kappa shape index (κ3) is 5.71. The van der Waals surface area contributed by atoms with Crippen molar-refractivity contribution in [2.45, 2.75) is 39.7 Å². The minimum absolute atomic E-state index is 0.601. The number of nitriles is 1. The van der Waals surface area contributed by atoms with Gasteiger partial charge in [0.1, 0.15) is 5.82 Å². The number of pyridine rings is 1. The predicted molar refractivity (Wildman–Crippen MR) is 79.2 cm³/mol. The molecule has 1 aromatic rings. The number of unbranched alkanes of at least 4 members (excludes halogenated alkanes) is 1. The Balaban J connectivity index is 2.30. The first-order chi connectivity index (χ1) is 9.02. The summed E-state index contributed by atoms with van der Waals surface area (Å²) in [7, 11) is 2.15. The summed E-state index contributed by atoms with van der Waals surface area (Å²) in [6.45, 7) is 8.33. The maximum atomic E-state index is 8.90. The van der Waals surface area contributed by atoms with E-state index in [4.69, 9.17) is 5.26 Å². The van der Waals surface area contributed by atoms with Gasteiger partial charge in [-0.1, -0.05) is 0 Å². The molecule has 19 heavy (non-hydrogen) atoms. The molecule has 0 fully saturated rings. The number of hydrogen-bond donors (Lipinski definition) is 1. The average molecular weight is 260 g/mol. The molecule has 0 aromatic carbocycles. The van der Waals surface area contributed by atoms with E-state index in [1.165, 1.54) is 6.42 Å². The Morgan fingerprint density at radius 3 is 2.74 bits per heavy atom. The number of anilines is 1. The summed E-state index contributed by atoms with van der Waals surface area (Å²) >= 11 is 0. The topological polar surface area (TPSA) is 52.0 Å². The lowest BCUT2D eigenvalue weighted by atomic mass is 10.2. The smallest absolute Gasteiger partial charge is 0.127 e. The predicted octanol–water partition coefficient (Wildman–Crippen LogP) is 2.79. The first-order valence-electron chi connectivity index (χ1n) is 6.86. The molecule has 0 spiro atoms. The van der Waals surface area contributed by atoms with Crippen molar-refractivity contribution in [3.05, 3.63) is 23.4 Å². The maximum absolute atomic E-state index is 8.90. The zero-order chi connectivity index (χ0) is 14.3. The van der Waals surface area contributed by atoms with Gasteiger partial charge in [0.15, 0.2) is 0 Å². The van der Waals surface area contributed by atoms with Crippen LogP contribution in [0.1, 0.15) is 37.9 Å². The first kappa shape index (κ1) is 15.5. The quantitative estimate of drug-likeness (QED) is 0.766. The van der Waals surface area contributed by atoms with Crippen molar-refractivity contribution in [1.29, 1.82) is 5.26 Å². The van der Waals surface area contributed by atoms with Crippen LogP contribution >= 0.6 is 0 Å². The zero-order valence-corrected chi connectivity index (χ0v) is 12.4. The van der Waals surface area contributed by atoms with Crippen molar-refractivity contribution in [2.75, 3.05) is 25.5 Å². The molecule has 0 saturated heterocycles. The molecule has 4 nitrogen and oxygen atoms in total. The Bertz CT molecular complexity index is 434. The summed E-state index contributed by atoms with van der Waals surface area (Å²) in [5.41, 5.74) is 1.54. The Kier molecular flexibility index (Phi) is 6.31. The highest BCUT2D eigenvalue weighted by Crippen LogP contribution is 2.09. The molecular formula is C15H24N4. The SMILES string of the molecule is Cc1cc(C#N)cc(NCCCCN(C)C(C)C)n1. The third-order valence-corrected chi connectivity index (χ3v) is 3.21. The van der Waals surface area contributed by atoms with Crippen molar-refractivity contribution < 1.29 is 0 Å². The van der Waals surface area contributed by atoms with Crippen molar-refractivity contribution >= 4 is 5.82 Å². The van der Waals surface area contributed by atoms with Crippen LogP contribution in [0.25, 0.3) is 0 Å². The largest absolute Gasteiger partial charge is 0.370 e. The first-order valence-corrected chi connectivity index (χ1v) is 6.86. The summed E-state index contributed by atoms with van der Waals surface area (Å²) in [5.74, 6) is 0.800. The van der Waals surface area contributed by atoms with Gasteiger partial charge in [-0.05, 0) is 59.3 Å². The molecule has 0 amide bonds. The molecule has 1 heterocycles. The van der Waals surface area contributed by atoms with Crippen molar-refractivity contribution in [3.63, 3.8) is 0 Å². The van der Waals surface area contributed by atoms with Crippen LogP contribution in [-0.4, -0.2) is 36.1 Å². The summed E-state index contributed by atoms with van der Waals surface area (Å²) < 4.78 is 0. The molecule has 4 heteroatoms. The van der Waals surface area contributed by atoms with E-state index >= 15 is 0 Å². The molecular weight excluding hydrogens is 236 g/mol. The van der Waals surface area contributed by atoms with Crippen molar-refractivity contribution in [3.8, 4) is 6.07 Å². The number of nitrogens with zero attached hydrogens (tertiary/aromatic N) is 3. The van der Waals surface area contributed by atoms with E-state index in [0.29, 0.717) is 11.6 Å². The molecule has 104 valence electrons. The monoisotopic (exact) mass is 260 g/mol. The molecule has 1 rings (SSSR count). The van der Waals surface area contributed by atoms with Gasteiger partial charge in [-0.25, -0.2) is 4.98 Å². The summed E-state index contributed by atoms with van der Waals surface area (Å²) in [5, 5.41) is 12.2. The van der Waals surface area contributed by atoms with Gasteiger partial charge < -0.3 is 10.2 Å². The van der Waals surface area contributed by atoms with Gasteiger partial charge in [0.05, 0.1) is 11.6 Å². The van der Waals surface area contributed by atoms with Crippen LogP contribution in [0.15, 0.2) is 12.1 Å². The number of aromatic nitrogens is 1. The van der Waals surface area contributed by atoms with Crippen LogP contribution < -0.4 is 5.32 Å². The maximum Gasteiger partial charge on any atom is 0.127 e. The summed E-state index contributed by atoms with van der Waals surface area (Å²) in [6, 6.07) is 6.35. The second-order valence-electron chi connectivity index (χ2n) is 5.20. The third-order valence-electron chi connectivity index (χ3n) is 3.21. The molecule has 0 aliphatic heterocycles. The Morgan fingerprint density at radius 2 is 2.11 bits per heavy atom. The molecule has 0 aliphatic rings. The van der Waals surface area contributed by atoms with Gasteiger partial charge in [0.25, 0.3) is 0 Å². The second-order valence-corrected chi connectivity index (χ2v) is 5.20. The molecule has 0 aliphatic carbocycles. The number of aryl methyl sites for hydroxylation is 1. The van der Waals surface area contributed by atoms with Gasteiger partial charge in [0.2, 0.25) is 0 Å². The fraction of sp³-hybridized carbons (Fsp3) is 0.600. The molecule has 0 radical (unpaired) electrons. The van der Waals surface area contributed by atoms with Gasteiger partial charge in [-0.3, -0.25) is 0 Å². The lowest BCUT2D eigenvalue weighted by Gasteiger charge is -2.20. The standard InChI is InChI=1S/C15H24N4/c1-12(2)19(4)8-6-5-7-17-15-10-14(11-16)9-13(3)18-15/h9-10,12H,5-8H2,1-4H3,(H,17,18). The fourth-order valence-electron chi connectivity index (χ4n) is 1.78. The Hall–Kier alpha value is -1.60. The van der Waals surface area contributed by atoms with Crippen molar-refractivity contribution in [1.82, 2.24) is 9.88 Å². The number of rotatable bonds is 7. The van der Waals surface area contributed by atoms with Gasteiger partial charge in [0, 0.05) is 18.3 Å². The van der Waals surface area contributed by atoms with Crippen LogP contribution in [-0.2, 0) is 0 Å². The molecule has 0 saturated carbocycles. The van der Waals surface area contributed by atoms with Gasteiger partial charge in [-0.15, -0.1) is 0 Å². The van der Waals surface area contributed by atoms with E-state index < -0.39 is 0 Å². The van der Waals surface area contributed by atoms with E-state index in [1.807, 2.05) is 6.92 Å². The molecule has 0 atom stereocenters. The van der Waals surface area contributed by atoms with Crippen LogP contribution in [0.5, 0.6) is 0 Å². The van der Waals surface area contributed by atoms with E-state index in [-0.39, 0.29) is 0 Å². The van der Waals surface area contributed by atoms with E-state index in [9.17, 15) is 0 Å². The van der Waals surface area contributed by atoms with E-state index in [2.05, 4.69) is 42.2 Å². The molecule has 0 bridgehead atoms. The van der Waals surface area contributed by atoms with Crippen LogP contribution in [0.2, 0.25) is 0 Å². The fourth-order valence-corrected chi connectivity index (χ4v) is 1.78. The highest BCUT2D eigenvalue weighted by molar-refractivity contribution is 5.44. The van der Waals surface area contributed by atoms with Crippen LogP contribution in [0.3, 0.4) is 0 Å². The van der Waals surface area contributed by atoms with Crippen LogP contribution in [0, 0.1) is 18.3 Å². The Labute approximate surface area is 116 Å². The van der Waals surface area contributed by atoms with E-state index in [1.54, 1.807) is 12.1 Å². The number of hydrogen-bond acceptors (Lipinski definition) is 4. The lowest BCUT2D eigenvalue weighted by Crippen LogP contribution is -2.27. The zero-order valence-electron chi connectivity index (χ0n) is 12.4.